The average molecular weight is 367 g/mol. The van der Waals surface area contributed by atoms with Gasteiger partial charge in [0.05, 0.1) is 12.0 Å². The van der Waals surface area contributed by atoms with Gasteiger partial charge in [-0.1, -0.05) is 44.2 Å². The first-order valence-corrected chi connectivity index (χ1v) is 9.69. The summed E-state index contributed by atoms with van der Waals surface area (Å²) in [6.45, 7) is 11.3. The van der Waals surface area contributed by atoms with Crippen molar-refractivity contribution in [2.24, 2.45) is 5.92 Å². The number of carbonyl (C=O) groups excluding carboxylic acids is 1. The van der Waals surface area contributed by atoms with Gasteiger partial charge in [-0.15, -0.1) is 0 Å². The summed E-state index contributed by atoms with van der Waals surface area (Å²) in [7, 11) is 0. The second-order valence-electron chi connectivity index (χ2n) is 8.24. The molecule has 27 heavy (non-hydrogen) atoms. The van der Waals surface area contributed by atoms with Crippen molar-refractivity contribution in [2.75, 3.05) is 6.61 Å². The zero-order valence-electron chi connectivity index (χ0n) is 16.8. The van der Waals surface area contributed by atoms with Gasteiger partial charge in [-0.3, -0.25) is 4.79 Å². The van der Waals surface area contributed by atoms with Gasteiger partial charge in [0.15, 0.2) is 0 Å². The number of amides is 1. The molecule has 1 aliphatic heterocycles. The third-order valence-corrected chi connectivity index (χ3v) is 5.08. The highest BCUT2D eigenvalue weighted by Crippen LogP contribution is 2.26. The highest BCUT2D eigenvalue weighted by atomic mass is 16.5. The maximum Gasteiger partial charge on any atom is 0.230 e. The van der Waals surface area contributed by atoms with Gasteiger partial charge in [0.1, 0.15) is 5.75 Å². The molecule has 0 aromatic heterocycles. The van der Waals surface area contributed by atoms with Crippen molar-refractivity contribution in [1.29, 1.82) is 0 Å². The van der Waals surface area contributed by atoms with Crippen LogP contribution in [-0.4, -0.2) is 12.5 Å². The summed E-state index contributed by atoms with van der Waals surface area (Å²) in [5.41, 5.74) is 4.20. The van der Waals surface area contributed by atoms with E-state index in [2.05, 4.69) is 42.7 Å². The van der Waals surface area contributed by atoms with E-state index in [4.69, 9.17) is 4.74 Å². The normalized spacial score (nSPS) is 13.5. The lowest BCUT2D eigenvalue weighted by molar-refractivity contribution is -0.125. The van der Waals surface area contributed by atoms with E-state index in [-0.39, 0.29) is 5.91 Å². The summed E-state index contributed by atoms with van der Waals surface area (Å²) in [6, 6.07) is 14.3. The molecule has 0 fully saturated rings. The van der Waals surface area contributed by atoms with E-state index in [0.29, 0.717) is 19.1 Å². The van der Waals surface area contributed by atoms with Gasteiger partial charge in [-0.05, 0) is 54.2 Å². The highest BCUT2D eigenvalue weighted by Gasteiger charge is 2.29. The summed E-state index contributed by atoms with van der Waals surface area (Å²) < 4.78 is 5.73. The standard InChI is InChI=1S/C23H30N2O2/c1-16(2)15-27-21-9-7-20(8-10-21)23(3,4)22(26)25-12-17-5-6-18-13-24-14-19(18)11-17/h5-11,16,24H,12-15H2,1-4H3,(H,25,26). The average Bonchev–Trinajstić information content (AvgIpc) is 3.12. The molecule has 1 aliphatic rings. The molecular weight excluding hydrogens is 336 g/mol. The molecule has 0 saturated heterocycles. The second kappa shape index (κ2) is 8.13. The predicted molar refractivity (Wildman–Crippen MR) is 109 cm³/mol. The van der Waals surface area contributed by atoms with Crippen molar-refractivity contribution in [3.63, 3.8) is 0 Å². The number of hydrogen-bond donors (Lipinski definition) is 2. The minimum absolute atomic E-state index is 0.0250. The number of nitrogens with one attached hydrogen (secondary N) is 2. The van der Waals surface area contributed by atoms with Crippen molar-refractivity contribution >= 4 is 5.91 Å². The van der Waals surface area contributed by atoms with Gasteiger partial charge in [-0.2, -0.15) is 0 Å². The van der Waals surface area contributed by atoms with Crippen LogP contribution in [0.3, 0.4) is 0 Å². The lowest BCUT2D eigenvalue weighted by Crippen LogP contribution is -2.39. The lowest BCUT2D eigenvalue weighted by atomic mass is 9.83. The Hall–Kier alpha value is -2.33. The maximum absolute atomic E-state index is 12.8. The van der Waals surface area contributed by atoms with E-state index in [0.717, 1.165) is 30.0 Å². The molecule has 3 rings (SSSR count). The van der Waals surface area contributed by atoms with Crippen molar-refractivity contribution in [1.82, 2.24) is 10.6 Å². The van der Waals surface area contributed by atoms with E-state index in [1.165, 1.54) is 11.1 Å². The largest absolute Gasteiger partial charge is 0.493 e. The van der Waals surface area contributed by atoms with Crippen LogP contribution < -0.4 is 15.4 Å². The molecular formula is C23H30N2O2. The maximum atomic E-state index is 12.8. The zero-order valence-corrected chi connectivity index (χ0v) is 16.8. The molecule has 0 bridgehead atoms. The summed E-state index contributed by atoms with van der Waals surface area (Å²) in [5, 5.41) is 6.44. The molecule has 4 heteroatoms. The molecule has 0 saturated carbocycles. The quantitative estimate of drug-likeness (QED) is 0.781. The molecule has 0 atom stereocenters. The van der Waals surface area contributed by atoms with Crippen LogP contribution in [0.1, 0.15) is 49.9 Å². The molecule has 0 radical (unpaired) electrons. The van der Waals surface area contributed by atoms with Gasteiger partial charge < -0.3 is 15.4 Å². The van der Waals surface area contributed by atoms with Crippen molar-refractivity contribution in [3.05, 3.63) is 64.7 Å². The van der Waals surface area contributed by atoms with E-state index in [1.54, 1.807) is 0 Å². The Labute approximate surface area is 162 Å². The van der Waals surface area contributed by atoms with Gasteiger partial charge in [0.25, 0.3) is 0 Å². The topological polar surface area (TPSA) is 50.4 Å². The summed E-state index contributed by atoms with van der Waals surface area (Å²) in [6.07, 6.45) is 0. The molecule has 0 aliphatic carbocycles. The van der Waals surface area contributed by atoms with Crippen LogP contribution in [0.5, 0.6) is 5.75 Å². The number of rotatable bonds is 7. The van der Waals surface area contributed by atoms with Crippen LogP contribution in [0, 0.1) is 5.92 Å². The first-order chi connectivity index (χ1) is 12.9. The van der Waals surface area contributed by atoms with Crippen LogP contribution in [0.4, 0.5) is 0 Å². The number of hydrogen-bond acceptors (Lipinski definition) is 3. The molecule has 0 unspecified atom stereocenters. The molecule has 2 aromatic carbocycles. The lowest BCUT2D eigenvalue weighted by Gasteiger charge is -2.24. The Balaban J connectivity index is 1.61. The van der Waals surface area contributed by atoms with Gasteiger partial charge in [-0.25, -0.2) is 0 Å². The number of ether oxygens (including phenoxy) is 1. The van der Waals surface area contributed by atoms with Crippen LogP contribution in [0.25, 0.3) is 0 Å². The van der Waals surface area contributed by atoms with Gasteiger partial charge >= 0.3 is 0 Å². The van der Waals surface area contributed by atoms with Crippen LogP contribution >= 0.6 is 0 Å². The first-order valence-electron chi connectivity index (χ1n) is 9.69. The Morgan fingerprint density at radius 2 is 1.81 bits per heavy atom. The van der Waals surface area contributed by atoms with E-state index >= 15 is 0 Å². The molecule has 1 amide bonds. The first kappa shape index (κ1) is 19.4. The van der Waals surface area contributed by atoms with Gasteiger partial charge in [0.2, 0.25) is 5.91 Å². The van der Waals surface area contributed by atoms with Gasteiger partial charge in [0, 0.05) is 19.6 Å². The zero-order chi connectivity index (χ0) is 19.4. The van der Waals surface area contributed by atoms with Crippen LogP contribution in [0.2, 0.25) is 0 Å². The minimum atomic E-state index is -0.602. The molecule has 1 heterocycles. The number of benzene rings is 2. The fourth-order valence-corrected chi connectivity index (χ4v) is 3.22. The molecule has 144 valence electrons. The molecule has 0 spiro atoms. The Kier molecular flexibility index (Phi) is 5.85. The Bertz CT molecular complexity index is 795. The number of fused-ring (bicyclic) bond motifs is 1. The molecule has 2 aromatic rings. The SMILES string of the molecule is CC(C)COc1ccc(C(C)(C)C(=O)NCc2ccc3c(c2)CNC3)cc1. The van der Waals surface area contributed by atoms with Crippen LogP contribution in [0.15, 0.2) is 42.5 Å². The van der Waals surface area contributed by atoms with Crippen molar-refractivity contribution < 1.29 is 9.53 Å². The third kappa shape index (κ3) is 4.69. The Morgan fingerprint density at radius 3 is 2.52 bits per heavy atom. The Morgan fingerprint density at radius 1 is 1.11 bits per heavy atom. The highest BCUT2D eigenvalue weighted by molar-refractivity contribution is 5.87. The third-order valence-electron chi connectivity index (χ3n) is 5.08. The van der Waals surface area contributed by atoms with Crippen molar-refractivity contribution in [3.8, 4) is 5.75 Å². The summed E-state index contributed by atoms with van der Waals surface area (Å²) in [4.78, 5) is 12.8. The van der Waals surface area contributed by atoms with E-state index in [1.807, 2.05) is 38.1 Å². The molecule has 2 N–H and O–H groups in total. The monoisotopic (exact) mass is 366 g/mol. The summed E-state index contributed by atoms with van der Waals surface area (Å²) >= 11 is 0. The smallest absolute Gasteiger partial charge is 0.230 e. The number of carbonyl (C=O) groups is 1. The summed E-state index contributed by atoms with van der Waals surface area (Å²) in [5.74, 6) is 1.36. The second-order valence-corrected chi connectivity index (χ2v) is 8.24. The van der Waals surface area contributed by atoms with Crippen molar-refractivity contribution in [2.45, 2.75) is 52.7 Å². The van der Waals surface area contributed by atoms with E-state index in [9.17, 15) is 4.79 Å². The minimum Gasteiger partial charge on any atom is -0.493 e. The fraction of sp³-hybridized carbons (Fsp3) is 0.435. The predicted octanol–water partition coefficient (Wildman–Crippen LogP) is 3.92. The fourth-order valence-electron chi connectivity index (χ4n) is 3.22. The molecule has 4 nitrogen and oxygen atoms in total. The van der Waals surface area contributed by atoms with E-state index < -0.39 is 5.41 Å². The van der Waals surface area contributed by atoms with Crippen LogP contribution in [-0.2, 0) is 29.8 Å².